The van der Waals surface area contributed by atoms with Crippen molar-refractivity contribution < 1.29 is 9.53 Å². The van der Waals surface area contributed by atoms with E-state index < -0.39 is 5.60 Å². The normalized spacial score (nSPS) is 20.7. The van der Waals surface area contributed by atoms with Crippen LogP contribution in [0.2, 0.25) is 0 Å². The van der Waals surface area contributed by atoms with Gasteiger partial charge in [-0.25, -0.2) is 4.79 Å². The van der Waals surface area contributed by atoms with Crippen molar-refractivity contribution in [3.8, 4) is 0 Å². The zero-order valence-electron chi connectivity index (χ0n) is 11.3. The summed E-state index contributed by atoms with van der Waals surface area (Å²) in [6.07, 6.45) is 1.95. The molecule has 17 heavy (non-hydrogen) atoms. The largest absolute Gasteiger partial charge is 0.444 e. The first-order chi connectivity index (χ1) is 7.44. The minimum Gasteiger partial charge on any atom is -0.444 e. The molecule has 0 spiro atoms. The van der Waals surface area contributed by atoms with Gasteiger partial charge in [0, 0.05) is 25.7 Å². The molecule has 4 nitrogen and oxygen atoms in total. The number of hydrogen-bond donors (Lipinski definition) is 1. The molecule has 1 amide bonds. The molecule has 1 rings (SSSR count). The van der Waals surface area contributed by atoms with Crippen molar-refractivity contribution in [3.05, 3.63) is 0 Å². The van der Waals surface area contributed by atoms with E-state index in [4.69, 9.17) is 4.74 Å². The number of hydrogen-bond acceptors (Lipinski definition) is 3. The van der Waals surface area contributed by atoms with Gasteiger partial charge in [0.05, 0.1) is 0 Å². The SMILES string of the molecule is CCCC1CNCCN1C(=O)OC(C)(C)C.Cl. The second-order valence-electron chi connectivity index (χ2n) is 5.32. The molecule has 5 heteroatoms. The molecule has 0 aliphatic carbocycles. The highest BCUT2D eigenvalue weighted by Gasteiger charge is 2.29. The van der Waals surface area contributed by atoms with Gasteiger partial charge in [-0.1, -0.05) is 13.3 Å². The van der Waals surface area contributed by atoms with Crippen molar-refractivity contribution in [2.45, 2.75) is 52.2 Å². The summed E-state index contributed by atoms with van der Waals surface area (Å²) in [4.78, 5) is 13.8. The minimum atomic E-state index is -0.404. The van der Waals surface area contributed by atoms with Crippen LogP contribution in [-0.2, 0) is 4.74 Å². The number of rotatable bonds is 2. The van der Waals surface area contributed by atoms with Gasteiger partial charge < -0.3 is 15.0 Å². The van der Waals surface area contributed by atoms with Crippen LogP contribution < -0.4 is 5.32 Å². The molecule has 0 aromatic rings. The van der Waals surface area contributed by atoms with Gasteiger partial charge >= 0.3 is 6.09 Å². The monoisotopic (exact) mass is 264 g/mol. The van der Waals surface area contributed by atoms with Crippen molar-refractivity contribution in [1.82, 2.24) is 10.2 Å². The molecule has 0 aromatic carbocycles. The van der Waals surface area contributed by atoms with Gasteiger partial charge in [-0.2, -0.15) is 0 Å². The Bertz CT molecular complexity index is 239. The molecule has 1 fully saturated rings. The van der Waals surface area contributed by atoms with E-state index in [-0.39, 0.29) is 24.5 Å². The van der Waals surface area contributed by atoms with E-state index in [2.05, 4.69) is 12.2 Å². The fraction of sp³-hybridized carbons (Fsp3) is 0.917. The molecular weight excluding hydrogens is 240 g/mol. The number of nitrogens with one attached hydrogen (secondary N) is 1. The first-order valence-electron chi connectivity index (χ1n) is 6.14. The summed E-state index contributed by atoms with van der Waals surface area (Å²) in [5.41, 5.74) is -0.404. The maximum absolute atomic E-state index is 12.0. The van der Waals surface area contributed by atoms with Crippen LogP contribution in [0.1, 0.15) is 40.5 Å². The molecular formula is C12H25ClN2O2. The van der Waals surface area contributed by atoms with Crippen LogP contribution in [0.3, 0.4) is 0 Å². The summed E-state index contributed by atoms with van der Waals surface area (Å²) >= 11 is 0. The number of ether oxygens (including phenoxy) is 1. The van der Waals surface area contributed by atoms with Crippen molar-refractivity contribution >= 4 is 18.5 Å². The average Bonchev–Trinajstić information content (AvgIpc) is 2.16. The van der Waals surface area contributed by atoms with E-state index in [9.17, 15) is 4.79 Å². The van der Waals surface area contributed by atoms with Gasteiger partial charge in [0.15, 0.2) is 0 Å². The molecule has 1 aliphatic rings. The average molecular weight is 265 g/mol. The molecule has 1 N–H and O–H groups in total. The first-order valence-corrected chi connectivity index (χ1v) is 6.14. The molecule has 0 bridgehead atoms. The Morgan fingerprint density at radius 1 is 1.47 bits per heavy atom. The van der Waals surface area contributed by atoms with Gasteiger partial charge in [0.1, 0.15) is 5.60 Å². The molecule has 102 valence electrons. The molecule has 0 saturated carbocycles. The van der Waals surface area contributed by atoms with E-state index in [1.807, 2.05) is 25.7 Å². The fourth-order valence-corrected chi connectivity index (χ4v) is 1.91. The fourth-order valence-electron chi connectivity index (χ4n) is 1.91. The van der Waals surface area contributed by atoms with Crippen molar-refractivity contribution in [2.75, 3.05) is 19.6 Å². The Hall–Kier alpha value is -0.480. The quantitative estimate of drug-likeness (QED) is 0.833. The smallest absolute Gasteiger partial charge is 0.410 e. The number of halogens is 1. The first kappa shape index (κ1) is 16.5. The van der Waals surface area contributed by atoms with Crippen LogP contribution >= 0.6 is 12.4 Å². The highest BCUT2D eigenvalue weighted by molar-refractivity contribution is 5.85. The lowest BCUT2D eigenvalue weighted by molar-refractivity contribution is 0.0111. The number of amides is 1. The molecule has 0 radical (unpaired) electrons. The maximum atomic E-state index is 12.0. The van der Waals surface area contributed by atoms with Crippen LogP contribution in [0.25, 0.3) is 0 Å². The van der Waals surface area contributed by atoms with Crippen LogP contribution in [-0.4, -0.2) is 42.3 Å². The lowest BCUT2D eigenvalue weighted by Crippen LogP contribution is -2.54. The third-order valence-electron chi connectivity index (χ3n) is 2.60. The molecule has 1 saturated heterocycles. The van der Waals surface area contributed by atoms with E-state index in [1.165, 1.54) is 0 Å². The molecule has 1 unspecified atom stereocenters. The van der Waals surface area contributed by atoms with E-state index in [0.717, 1.165) is 32.5 Å². The Balaban J connectivity index is 0.00000256. The highest BCUT2D eigenvalue weighted by Crippen LogP contribution is 2.15. The highest BCUT2D eigenvalue weighted by atomic mass is 35.5. The Morgan fingerprint density at radius 3 is 2.65 bits per heavy atom. The minimum absolute atomic E-state index is 0. The standard InChI is InChI=1S/C12H24N2O2.ClH/c1-5-6-10-9-13-7-8-14(10)11(15)16-12(2,3)4;/h10,13H,5-9H2,1-4H3;1H. The summed E-state index contributed by atoms with van der Waals surface area (Å²) in [5.74, 6) is 0. The Labute approximate surface area is 110 Å². The van der Waals surface area contributed by atoms with Gasteiger partial charge in [-0.05, 0) is 27.2 Å². The predicted octanol–water partition coefficient (Wildman–Crippen LogP) is 2.42. The zero-order valence-corrected chi connectivity index (χ0v) is 12.1. The molecule has 1 atom stereocenters. The lowest BCUT2D eigenvalue weighted by atomic mass is 10.1. The van der Waals surface area contributed by atoms with Crippen molar-refractivity contribution in [3.63, 3.8) is 0 Å². The van der Waals surface area contributed by atoms with Crippen LogP contribution in [0.15, 0.2) is 0 Å². The van der Waals surface area contributed by atoms with Crippen LogP contribution in [0.5, 0.6) is 0 Å². The third kappa shape index (κ3) is 5.59. The summed E-state index contributed by atoms with van der Waals surface area (Å²) in [7, 11) is 0. The summed E-state index contributed by atoms with van der Waals surface area (Å²) in [5, 5.41) is 3.32. The number of carbonyl (C=O) groups is 1. The van der Waals surface area contributed by atoms with Gasteiger partial charge in [0.25, 0.3) is 0 Å². The zero-order chi connectivity index (χ0) is 12.2. The van der Waals surface area contributed by atoms with Gasteiger partial charge in [-0.3, -0.25) is 0 Å². The van der Waals surface area contributed by atoms with E-state index in [0.29, 0.717) is 0 Å². The topological polar surface area (TPSA) is 41.6 Å². The van der Waals surface area contributed by atoms with Crippen molar-refractivity contribution in [1.29, 1.82) is 0 Å². The number of nitrogens with zero attached hydrogens (tertiary/aromatic N) is 1. The van der Waals surface area contributed by atoms with Crippen molar-refractivity contribution in [2.24, 2.45) is 0 Å². The maximum Gasteiger partial charge on any atom is 0.410 e. The molecule has 1 heterocycles. The summed E-state index contributed by atoms with van der Waals surface area (Å²) < 4.78 is 5.41. The van der Waals surface area contributed by atoms with Crippen LogP contribution in [0.4, 0.5) is 4.79 Å². The summed E-state index contributed by atoms with van der Waals surface area (Å²) in [6, 6.07) is 0.286. The number of carbonyl (C=O) groups excluding carboxylic acids is 1. The third-order valence-corrected chi connectivity index (χ3v) is 2.60. The molecule has 0 aromatic heterocycles. The van der Waals surface area contributed by atoms with Crippen LogP contribution in [0, 0.1) is 0 Å². The van der Waals surface area contributed by atoms with Gasteiger partial charge in [-0.15, -0.1) is 12.4 Å². The Kier molecular flexibility index (Phi) is 6.87. The molecule has 1 aliphatic heterocycles. The second kappa shape index (κ2) is 7.07. The predicted molar refractivity (Wildman–Crippen MR) is 71.8 cm³/mol. The van der Waals surface area contributed by atoms with Gasteiger partial charge in [0.2, 0.25) is 0 Å². The Morgan fingerprint density at radius 2 is 2.12 bits per heavy atom. The second-order valence-corrected chi connectivity index (χ2v) is 5.32. The van der Waals surface area contributed by atoms with E-state index in [1.54, 1.807) is 0 Å². The lowest BCUT2D eigenvalue weighted by Gasteiger charge is -2.37. The number of piperazine rings is 1. The summed E-state index contributed by atoms with van der Waals surface area (Å²) in [6.45, 7) is 10.3. The van der Waals surface area contributed by atoms with E-state index >= 15 is 0 Å².